The molecule has 0 heterocycles. The number of hydrogen-bond donors (Lipinski definition) is 6. The van der Waals surface area contributed by atoms with Crippen LogP contribution in [0.15, 0.2) is 69.0 Å². The van der Waals surface area contributed by atoms with E-state index >= 15 is 0 Å². The number of halogens is 4. The van der Waals surface area contributed by atoms with Crippen LogP contribution in [0, 0.1) is 0 Å². The quantitative estimate of drug-likeness (QED) is 0.0787. The number of ketones is 2. The number of carbonyl (C=O) groups excluding carboxylic acids is 4. The molecule has 0 saturated carbocycles. The van der Waals surface area contributed by atoms with Crippen molar-refractivity contribution in [3.63, 3.8) is 0 Å². The zero-order valence-corrected chi connectivity index (χ0v) is 27.4. The van der Waals surface area contributed by atoms with Crippen molar-refractivity contribution in [1.29, 1.82) is 0 Å². The van der Waals surface area contributed by atoms with E-state index in [0.717, 1.165) is 26.0 Å². The first-order chi connectivity index (χ1) is 22.5. The van der Waals surface area contributed by atoms with Crippen LogP contribution in [0.2, 0.25) is 20.1 Å². The summed E-state index contributed by atoms with van der Waals surface area (Å²) in [5, 5.41) is 41.8. The third-order valence-electron chi connectivity index (χ3n) is 5.80. The van der Waals surface area contributed by atoms with Crippen LogP contribution >= 0.6 is 46.4 Å². The summed E-state index contributed by atoms with van der Waals surface area (Å²) in [5.41, 5.74) is 0.00581. The first-order valence-corrected chi connectivity index (χ1v) is 14.6. The first kappa shape index (κ1) is 37.3. The summed E-state index contributed by atoms with van der Waals surface area (Å²) in [6.45, 7) is 2.17. The number of amides is 4. The number of nitrogens with one attached hydrogen (secondary N) is 4. The van der Waals surface area contributed by atoms with Gasteiger partial charge >= 0.3 is 12.2 Å². The lowest BCUT2D eigenvalue weighted by atomic mass is 10.2. The zero-order valence-electron chi connectivity index (χ0n) is 24.4. The molecule has 0 saturated heterocycles. The van der Waals surface area contributed by atoms with Gasteiger partial charge in [-0.2, -0.15) is 20.5 Å². The highest BCUT2D eigenvalue weighted by Gasteiger charge is 2.27. The summed E-state index contributed by atoms with van der Waals surface area (Å²) in [4.78, 5) is 72.2. The maximum Gasteiger partial charge on any atom is 0.409 e. The molecule has 16 nitrogen and oxygen atoms in total. The normalized spacial score (nSPS) is 12.3. The van der Waals surface area contributed by atoms with Crippen LogP contribution in [0.1, 0.15) is 13.8 Å². The standard InChI is InChI=1S/C28H22Cl4N8O8/c1-11(41)23(39-37-21-7-13(33-27(45)46)3-5-15(21)29)25(43)35-19-9-18(32)20(10-17(19)31)36-26(44)24(12(2)42)40-38-22-8-14(34-28(47)48)4-6-16(22)30/h3-10,23-24,33-34H,1-2H3,(H,35,43)(H,36,44)(H,45,46)(H,47,48). The molecule has 3 aromatic carbocycles. The number of benzene rings is 3. The van der Waals surface area contributed by atoms with E-state index < -0.39 is 47.7 Å². The maximum absolute atomic E-state index is 13.0. The molecule has 48 heavy (non-hydrogen) atoms. The van der Waals surface area contributed by atoms with Gasteiger partial charge < -0.3 is 20.8 Å². The van der Waals surface area contributed by atoms with E-state index in [9.17, 15) is 28.8 Å². The lowest BCUT2D eigenvalue weighted by molar-refractivity contribution is -0.127. The van der Waals surface area contributed by atoms with Crippen LogP contribution in [0.3, 0.4) is 0 Å². The highest BCUT2D eigenvalue weighted by atomic mass is 35.5. The van der Waals surface area contributed by atoms with Crippen LogP contribution < -0.4 is 21.3 Å². The molecule has 0 aromatic heterocycles. The number of nitrogens with zero attached hydrogens (tertiary/aromatic N) is 4. The van der Waals surface area contributed by atoms with Crippen molar-refractivity contribution in [2.24, 2.45) is 20.5 Å². The lowest BCUT2D eigenvalue weighted by Gasteiger charge is -2.15. The Bertz CT molecular complexity index is 1740. The minimum Gasteiger partial charge on any atom is -0.465 e. The summed E-state index contributed by atoms with van der Waals surface area (Å²) in [6, 6.07) is 6.85. The van der Waals surface area contributed by atoms with Gasteiger partial charge in [-0.05, 0) is 62.4 Å². The van der Waals surface area contributed by atoms with E-state index in [1.807, 2.05) is 0 Å². The molecule has 3 aromatic rings. The Kier molecular flexibility index (Phi) is 12.9. The van der Waals surface area contributed by atoms with Gasteiger partial charge in [0.25, 0.3) is 11.8 Å². The Balaban J connectivity index is 1.78. The fourth-order valence-electron chi connectivity index (χ4n) is 3.60. The number of carboxylic acid groups (broad SMARTS) is 2. The number of azo groups is 2. The third-order valence-corrected chi connectivity index (χ3v) is 7.06. The number of rotatable bonds is 12. The maximum atomic E-state index is 13.0. The molecule has 0 spiro atoms. The van der Waals surface area contributed by atoms with Crippen LogP contribution in [-0.4, -0.2) is 57.9 Å². The molecule has 6 N–H and O–H groups in total. The molecule has 0 bridgehead atoms. The molecular weight excluding hydrogens is 718 g/mol. The average Bonchev–Trinajstić information content (AvgIpc) is 2.98. The van der Waals surface area contributed by atoms with Crippen LogP contribution in [-0.2, 0) is 19.2 Å². The average molecular weight is 740 g/mol. The molecule has 3 rings (SSSR count). The van der Waals surface area contributed by atoms with Crippen LogP contribution in [0.5, 0.6) is 0 Å². The van der Waals surface area contributed by atoms with Crippen molar-refractivity contribution < 1.29 is 39.0 Å². The summed E-state index contributed by atoms with van der Waals surface area (Å²) in [7, 11) is 0. The number of anilines is 4. The summed E-state index contributed by atoms with van der Waals surface area (Å²) in [6.07, 6.45) is -2.68. The molecule has 2 unspecified atom stereocenters. The van der Waals surface area contributed by atoms with Crippen molar-refractivity contribution in [3.8, 4) is 0 Å². The molecule has 0 aliphatic carbocycles. The zero-order chi connectivity index (χ0) is 35.7. The number of hydrogen-bond acceptors (Lipinski definition) is 10. The van der Waals surface area contributed by atoms with Gasteiger partial charge in [-0.25, -0.2) is 9.59 Å². The monoisotopic (exact) mass is 738 g/mol. The van der Waals surface area contributed by atoms with Crippen LogP contribution in [0.4, 0.5) is 43.7 Å². The van der Waals surface area contributed by atoms with Gasteiger partial charge in [-0.15, -0.1) is 0 Å². The smallest absolute Gasteiger partial charge is 0.409 e. The molecule has 0 aliphatic rings. The third kappa shape index (κ3) is 10.4. The molecule has 4 amide bonds. The fourth-order valence-corrected chi connectivity index (χ4v) is 4.33. The second kappa shape index (κ2) is 16.6. The molecule has 0 radical (unpaired) electrons. The minimum absolute atomic E-state index is 0.0293. The Hall–Kier alpha value is -5.16. The van der Waals surface area contributed by atoms with Crippen molar-refractivity contribution in [2.75, 3.05) is 21.3 Å². The van der Waals surface area contributed by atoms with Crippen molar-refractivity contribution in [1.82, 2.24) is 0 Å². The van der Waals surface area contributed by atoms with E-state index in [2.05, 4.69) is 41.7 Å². The van der Waals surface area contributed by atoms with E-state index in [1.165, 1.54) is 36.4 Å². The topological polar surface area (TPSA) is 240 Å². The predicted molar refractivity (Wildman–Crippen MR) is 178 cm³/mol. The molecular formula is C28H22Cl4N8O8. The van der Waals surface area contributed by atoms with Crippen LogP contribution in [0.25, 0.3) is 0 Å². The van der Waals surface area contributed by atoms with Gasteiger partial charge in [0.15, 0.2) is 11.6 Å². The molecule has 2 atom stereocenters. The van der Waals surface area contributed by atoms with Gasteiger partial charge in [-0.1, -0.05) is 46.4 Å². The van der Waals surface area contributed by atoms with Crippen molar-refractivity contribution in [2.45, 2.75) is 25.9 Å². The first-order valence-electron chi connectivity index (χ1n) is 13.1. The summed E-state index contributed by atoms with van der Waals surface area (Å²) >= 11 is 24.8. The van der Waals surface area contributed by atoms with Gasteiger partial charge in [0, 0.05) is 11.4 Å². The van der Waals surface area contributed by atoms with Gasteiger partial charge in [0.1, 0.15) is 11.4 Å². The summed E-state index contributed by atoms with van der Waals surface area (Å²) in [5.74, 6) is -3.35. The second-order valence-corrected chi connectivity index (χ2v) is 11.1. The molecule has 0 fully saturated rings. The Morgan fingerprint density at radius 1 is 0.562 bits per heavy atom. The van der Waals surface area contributed by atoms with E-state index in [1.54, 1.807) is 0 Å². The Morgan fingerprint density at radius 2 is 0.917 bits per heavy atom. The van der Waals surface area contributed by atoms with Gasteiger partial charge in [-0.3, -0.25) is 29.8 Å². The fraction of sp³-hybridized carbons (Fsp3) is 0.143. The SMILES string of the molecule is CC(=O)C(N=Nc1cc(NC(=O)O)ccc1Cl)C(=O)Nc1cc(Cl)c(NC(=O)C(N=Nc2cc(NC(=O)O)ccc2Cl)C(C)=O)cc1Cl. The second-order valence-electron chi connectivity index (χ2n) is 9.44. The minimum atomic E-state index is -1.68. The number of Topliss-reactive ketones (excluding diaryl/α,β-unsaturated/α-hetero) is 2. The predicted octanol–water partition coefficient (Wildman–Crippen LogP) is 7.84. The molecule has 0 aliphatic heterocycles. The number of carbonyl (C=O) groups is 6. The van der Waals surface area contributed by atoms with Crippen molar-refractivity contribution in [3.05, 3.63) is 68.6 Å². The van der Waals surface area contributed by atoms with Crippen molar-refractivity contribution >= 4 is 116 Å². The summed E-state index contributed by atoms with van der Waals surface area (Å²) < 4.78 is 0. The molecule has 250 valence electrons. The molecule has 20 heteroatoms. The highest BCUT2D eigenvalue weighted by molar-refractivity contribution is 6.38. The highest BCUT2D eigenvalue weighted by Crippen LogP contribution is 2.34. The van der Waals surface area contributed by atoms with Gasteiger partial charge in [0.05, 0.1) is 31.5 Å². The Morgan fingerprint density at radius 3 is 1.23 bits per heavy atom. The van der Waals surface area contributed by atoms with E-state index in [-0.39, 0.29) is 54.2 Å². The van der Waals surface area contributed by atoms with E-state index in [0.29, 0.717) is 0 Å². The Labute approximate surface area is 290 Å². The van der Waals surface area contributed by atoms with E-state index in [4.69, 9.17) is 56.6 Å². The largest absolute Gasteiger partial charge is 0.465 e. The lowest BCUT2D eigenvalue weighted by Crippen LogP contribution is -2.32. The van der Waals surface area contributed by atoms with Gasteiger partial charge in [0.2, 0.25) is 12.1 Å².